The average Bonchev–Trinajstić information content (AvgIpc) is 3.12. The van der Waals surface area contributed by atoms with Gasteiger partial charge in [0.25, 0.3) is 0 Å². The Kier molecular flexibility index (Phi) is 6.69. The first-order valence-electron chi connectivity index (χ1n) is 9.81. The third kappa shape index (κ3) is 4.67. The Hall–Kier alpha value is -2.67. The SMILES string of the molecule is CCOC(=O)c1c(-c2ccc(C)cc2)csc1NC(=O)[C@H]1CCCC[C@H]1C(=O)O. The number of hydrogen-bond donors (Lipinski definition) is 2. The molecule has 7 heteroatoms. The number of esters is 1. The Morgan fingerprint density at radius 3 is 2.41 bits per heavy atom. The summed E-state index contributed by atoms with van der Waals surface area (Å²) in [6.07, 6.45) is 2.67. The number of carbonyl (C=O) groups is 3. The van der Waals surface area contributed by atoms with Gasteiger partial charge in [0, 0.05) is 10.9 Å². The Morgan fingerprint density at radius 2 is 1.79 bits per heavy atom. The molecule has 1 fully saturated rings. The molecule has 0 saturated heterocycles. The van der Waals surface area contributed by atoms with Crippen LogP contribution in [-0.4, -0.2) is 29.6 Å². The maximum atomic E-state index is 12.9. The number of carbonyl (C=O) groups excluding carboxylic acids is 2. The smallest absolute Gasteiger partial charge is 0.341 e. The van der Waals surface area contributed by atoms with Crippen LogP contribution in [0.4, 0.5) is 5.00 Å². The van der Waals surface area contributed by atoms with Crippen LogP contribution in [0.1, 0.15) is 48.5 Å². The summed E-state index contributed by atoms with van der Waals surface area (Å²) < 4.78 is 5.22. The molecule has 0 radical (unpaired) electrons. The molecule has 1 heterocycles. The van der Waals surface area contributed by atoms with Crippen molar-refractivity contribution in [3.8, 4) is 11.1 Å². The van der Waals surface area contributed by atoms with Crippen LogP contribution in [0.15, 0.2) is 29.6 Å². The van der Waals surface area contributed by atoms with Gasteiger partial charge in [0.15, 0.2) is 0 Å². The molecule has 1 aromatic heterocycles. The van der Waals surface area contributed by atoms with E-state index in [0.29, 0.717) is 29.0 Å². The van der Waals surface area contributed by atoms with E-state index in [2.05, 4.69) is 5.32 Å². The highest BCUT2D eigenvalue weighted by molar-refractivity contribution is 7.15. The van der Waals surface area contributed by atoms with Gasteiger partial charge in [-0.25, -0.2) is 4.79 Å². The van der Waals surface area contributed by atoms with Gasteiger partial charge in [-0.2, -0.15) is 0 Å². The highest BCUT2D eigenvalue weighted by Crippen LogP contribution is 2.38. The van der Waals surface area contributed by atoms with E-state index in [-0.39, 0.29) is 12.5 Å². The number of thiophene rings is 1. The van der Waals surface area contributed by atoms with Gasteiger partial charge in [0.05, 0.1) is 18.4 Å². The first-order chi connectivity index (χ1) is 13.9. The van der Waals surface area contributed by atoms with Crippen molar-refractivity contribution in [2.45, 2.75) is 39.5 Å². The number of benzene rings is 1. The zero-order valence-corrected chi connectivity index (χ0v) is 17.4. The van der Waals surface area contributed by atoms with E-state index in [1.165, 1.54) is 11.3 Å². The first kappa shape index (κ1) is 21.0. The van der Waals surface area contributed by atoms with Crippen molar-refractivity contribution in [2.75, 3.05) is 11.9 Å². The largest absolute Gasteiger partial charge is 0.481 e. The summed E-state index contributed by atoms with van der Waals surface area (Å²) in [6, 6.07) is 7.76. The maximum absolute atomic E-state index is 12.9. The molecule has 0 unspecified atom stereocenters. The van der Waals surface area contributed by atoms with E-state index >= 15 is 0 Å². The maximum Gasteiger partial charge on any atom is 0.341 e. The van der Waals surface area contributed by atoms with Crippen molar-refractivity contribution >= 4 is 34.2 Å². The number of carboxylic acids is 1. The lowest BCUT2D eigenvalue weighted by molar-refractivity contribution is -0.147. The van der Waals surface area contributed by atoms with Crippen LogP contribution in [0, 0.1) is 18.8 Å². The summed E-state index contributed by atoms with van der Waals surface area (Å²) in [6.45, 7) is 3.94. The predicted molar refractivity (Wildman–Crippen MR) is 112 cm³/mol. The molecule has 6 nitrogen and oxygen atoms in total. The van der Waals surface area contributed by atoms with Crippen molar-refractivity contribution in [3.05, 3.63) is 40.8 Å². The third-order valence-corrected chi connectivity index (χ3v) is 6.19. The molecule has 1 amide bonds. The average molecular weight is 416 g/mol. The lowest BCUT2D eigenvalue weighted by Gasteiger charge is -2.27. The van der Waals surface area contributed by atoms with E-state index in [1.54, 1.807) is 6.92 Å². The molecule has 1 aromatic carbocycles. The van der Waals surface area contributed by atoms with Gasteiger partial charge in [-0.1, -0.05) is 42.7 Å². The summed E-state index contributed by atoms with van der Waals surface area (Å²) >= 11 is 1.25. The molecule has 1 aliphatic carbocycles. The lowest BCUT2D eigenvalue weighted by atomic mass is 9.79. The highest BCUT2D eigenvalue weighted by atomic mass is 32.1. The molecule has 2 aromatic rings. The number of nitrogens with one attached hydrogen (secondary N) is 1. The van der Waals surface area contributed by atoms with Crippen LogP contribution in [0.5, 0.6) is 0 Å². The fourth-order valence-electron chi connectivity index (χ4n) is 3.75. The number of aryl methyl sites for hydroxylation is 1. The molecular formula is C22H25NO5S. The van der Waals surface area contributed by atoms with Crippen molar-refractivity contribution in [1.82, 2.24) is 0 Å². The van der Waals surface area contributed by atoms with Crippen molar-refractivity contribution in [2.24, 2.45) is 11.8 Å². The lowest BCUT2D eigenvalue weighted by Crippen LogP contribution is -2.36. The number of aliphatic carboxylic acids is 1. The highest BCUT2D eigenvalue weighted by Gasteiger charge is 2.36. The van der Waals surface area contributed by atoms with Crippen molar-refractivity contribution < 1.29 is 24.2 Å². The van der Waals surface area contributed by atoms with Crippen LogP contribution < -0.4 is 5.32 Å². The molecule has 29 heavy (non-hydrogen) atoms. The Balaban J connectivity index is 1.92. The number of rotatable bonds is 6. The van der Waals surface area contributed by atoms with Gasteiger partial charge >= 0.3 is 11.9 Å². The van der Waals surface area contributed by atoms with Gasteiger partial charge in [-0.15, -0.1) is 11.3 Å². The molecule has 0 aliphatic heterocycles. The molecule has 2 atom stereocenters. The van der Waals surface area contributed by atoms with E-state index < -0.39 is 23.8 Å². The fraction of sp³-hybridized carbons (Fsp3) is 0.409. The fourth-order valence-corrected chi connectivity index (χ4v) is 4.71. The minimum absolute atomic E-state index is 0.221. The number of carboxylic acid groups (broad SMARTS) is 1. The monoisotopic (exact) mass is 415 g/mol. The molecular weight excluding hydrogens is 390 g/mol. The molecule has 2 N–H and O–H groups in total. The summed E-state index contributed by atoms with van der Waals surface area (Å²) in [5.41, 5.74) is 2.97. The Morgan fingerprint density at radius 1 is 1.14 bits per heavy atom. The van der Waals surface area contributed by atoms with Gasteiger partial charge in [0.2, 0.25) is 5.91 Å². The second-order valence-corrected chi connectivity index (χ2v) is 8.14. The second-order valence-electron chi connectivity index (χ2n) is 7.26. The Labute approximate surface area is 173 Å². The van der Waals surface area contributed by atoms with Crippen LogP contribution in [0.25, 0.3) is 11.1 Å². The predicted octanol–water partition coefficient (Wildman–Crippen LogP) is 4.73. The summed E-state index contributed by atoms with van der Waals surface area (Å²) in [5, 5.41) is 14.5. The standard InChI is InChI=1S/C22H25NO5S/c1-3-28-22(27)18-17(14-10-8-13(2)9-11-14)12-29-20(18)23-19(24)15-6-4-5-7-16(15)21(25)26/h8-12,15-16H,3-7H2,1-2H3,(H,23,24)(H,25,26)/t15-,16+/m0/s1. The Bertz CT molecular complexity index is 902. The van der Waals surface area contributed by atoms with Crippen molar-refractivity contribution in [3.63, 3.8) is 0 Å². The molecule has 0 spiro atoms. The minimum atomic E-state index is -0.943. The number of ether oxygens (including phenoxy) is 1. The van der Waals surface area contributed by atoms with Crippen LogP contribution in [-0.2, 0) is 14.3 Å². The van der Waals surface area contributed by atoms with Crippen LogP contribution in [0.3, 0.4) is 0 Å². The van der Waals surface area contributed by atoms with Gasteiger partial charge in [-0.3, -0.25) is 9.59 Å². The molecule has 0 bridgehead atoms. The zero-order valence-electron chi connectivity index (χ0n) is 16.6. The first-order valence-corrected chi connectivity index (χ1v) is 10.7. The van der Waals surface area contributed by atoms with Gasteiger partial charge in [-0.05, 0) is 32.3 Å². The van der Waals surface area contributed by atoms with E-state index in [4.69, 9.17) is 4.74 Å². The number of amides is 1. The molecule has 154 valence electrons. The second kappa shape index (κ2) is 9.22. The summed E-state index contributed by atoms with van der Waals surface area (Å²) in [7, 11) is 0. The van der Waals surface area contributed by atoms with E-state index in [1.807, 2.05) is 36.6 Å². The number of anilines is 1. The summed E-state index contributed by atoms with van der Waals surface area (Å²) in [5.74, 6) is -3.08. The van der Waals surface area contributed by atoms with E-state index in [0.717, 1.165) is 24.0 Å². The van der Waals surface area contributed by atoms with Gasteiger partial charge in [0.1, 0.15) is 10.6 Å². The quantitative estimate of drug-likeness (QED) is 0.666. The minimum Gasteiger partial charge on any atom is -0.481 e. The van der Waals surface area contributed by atoms with Crippen LogP contribution >= 0.6 is 11.3 Å². The van der Waals surface area contributed by atoms with Gasteiger partial charge < -0.3 is 15.2 Å². The zero-order chi connectivity index (χ0) is 21.0. The van der Waals surface area contributed by atoms with E-state index in [9.17, 15) is 19.5 Å². The topological polar surface area (TPSA) is 92.7 Å². The summed E-state index contributed by atoms with van der Waals surface area (Å²) in [4.78, 5) is 37.1. The molecule has 1 saturated carbocycles. The third-order valence-electron chi connectivity index (χ3n) is 5.29. The number of hydrogen-bond acceptors (Lipinski definition) is 5. The molecule has 3 rings (SSSR count). The van der Waals surface area contributed by atoms with Crippen LogP contribution in [0.2, 0.25) is 0 Å². The normalized spacial score (nSPS) is 18.8. The molecule has 1 aliphatic rings. The van der Waals surface area contributed by atoms with Crippen molar-refractivity contribution in [1.29, 1.82) is 0 Å².